The van der Waals surface area contributed by atoms with E-state index in [0.29, 0.717) is 46.4 Å². The lowest BCUT2D eigenvalue weighted by atomic mass is 9.71. The van der Waals surface area contributed by atoms with E-state index in [2.05, 4.69) is 13.8 Å². The second-order valence-electron chi connectivity index (χ2n) is 11.5. The van der Waals surface area contributed by atoms with Gasteiger partial charge in [-0.25, -0.2) is 8.96 Å². The van der Waals surface area contributed by atoms with Crippen molar-refractivity contribution in [1.82, 2.24) is 0 Å². The van der Waals surface area contributed by atoms with Gasteiger partial charge in [0, 0.05) is 38.1 Å². The van der Waals surface area contributed by atoms with Gasteiger partial charge in [0.2, 0.25) is 5.69 Å². The highest BCUT2D eigenvalue weighted by Crippen LogP contribution is 2.43. The summed E-state index contributed by atoms with van der Waals surface area (Å²) in [6.07, 6.45) is 4.50. The fourth-order valence-corrected chi connectivity index (χ4v) is 5.87. The van der Waals surface area contributed by atoms with E-state index in [9.17, 15) is 5.76 Å². The monoisotopic (exact) mass is 513 g/mol. The van der Waals surface area contributed by atoms with Crippen molar-refractivity contribution in [3.63, 3.8) is 0 Å². The zero-order chi connectivity index (χ0) is 32.7. The van der Waals surface area contributed by atoms with Crippen LogP contribution in [0.15, 0.2) is 65.2 Å². The Morgan fingerprint density at radius 3 is 2.45 bits per heavy atom. The molecular weight excluding hydrogens is 469 g/mol. The summed E-state index contributed by atoms with van der Waals surface area (Å²) in [6.45, 7) is 1.21. The number of hydrogen-bond acceptors (Lipinski definition) is 1. The Morgan fingerprint density at radius 2 is 1.68 bits per heavy atom. The lowest BCUT2D eigenvalue weighted by molar-refractivity contribution is -0.660. The molecule has 2 nitrogen and oxygen atoms in total. The molecule has 6 rings (SSSR count). The van der Waals surface area contributed by atoms with Crippen molar-refractivity contribution in [2.75, 3.05) is 0 Å². The van der Waals surface area contributed by atoms with Crippen molar-refractivity contribution in [3.05, 3.63) is 88.9 Å². The number of aromatic nitrogens is 1. The molecule has 0 spiro atoms. The maximum absolute atomic E-state index is 14.1. The first-order valence-electron chi connectivity index (χ1n) is 16.7. The van der Waals surface area contributed by atoms with Crippen LogP contribution in [0.1, 0.15) is 77.3 Å². The fraction of sp³-hybridized carbons (Fsp3) is 0.343. The van der Waals surface area contributed by atoms with Gasteiger partial charge in [0.15, 0.2) is 6.20 Å². The first kappa shape index (κ1) is 17.9. The molecule has 1 aliphatic carbocycles. The normalized spacial score (nSPS) is 20.2. The molecule has 38 heavy (non-hydrogen) atoms. The number of pyridine rings is 1. The molecule has 0 radical (unpaired) electrons. The molecule has 1 fully saturated rings. The van der Waals surface area contributed by atoms with E-state index in [4.69, 9.17) is 12.6 Å². The van der Waals surface area contributed by atoms with Gasteiger partial charge in [0.25, 0.3) is 0 Å². The highest BCUT2D eigenvalue weighted by atomic mass is 19.1. The highest BCUT2D eigenvalue weighted by Gasteiger charge is 2.28. The van der Waals surface area contributed by atoms with Gasteiger partial charge in [-0.1, -0.05) is 44.2 Å². The van der Waals surface area contributed by atoms with Gasteiger partial charge in [-0.15, -0.1) is 0 Å². The predicted molar refractivity (Wildman–Crippen MR) is 155 cm³/mol. The van der Waals surface area contributed by atoms with Gasteiger partial charge in [-0.05, 0) is 97.6 Å². The summed E-state index contributed by atoms with van der Waals surface area (Å²) < 4.78 is 81.9. The largest absolute Gasteiger partial charge is 0.455 e. The van der Waals surface area contributed by atoms with Crippen LogP contribution < -0.4 is 4.57 Å². The number of halogens is 1. The molecule has 0 unspecified atom stereocenters. The summed E-state index contributed by atoms with van der Waals surface area (Å²) in [5.74, 6) is -1.33. The minimum absolute atomic E-state index is 0.0171. The van der Waals surface area contributed by atoms with Crippen molar-refractivity contribution in [3.8, 4) is 22.4 Å². The van der Waals surface area contributed by atoms with Crippen LogP contribution in [0.25, 0.3) is 44.3 Å². The summed E-state index contributed by atoms with van der Waals surface area (Å²) in [5, 5.41) is 1.54. The number of nitrogens with zero attached hydrogens (tertiary/aromatic N) is 1. The average Bonchev–Trinajstić information content (AvgIpc) is 3.31. The Balaban J connectivity index is 1.60. The third-order valence-corrected chi connectivity index (χ3v) is 8.27. The van der Waals surface area contributed by atoms with Crippen LogP contribution in [0.4, 0.5) is 4.39 Å². The van der Waals surface area contributed by atoms with Crippen molar-refractivity contribution in [2.24, 2.45) is 12.5 Å². The van der Waals surface area contributed by atoms with Gasteiger partial charge in [0.05, 0.1) is 5.56 Å². The highest BCUT2D eigenvalue weighted by molar-refractivity contribution is 6.09. The van der Waals surface area contributed by atoms with Crippen LogP contribution in [0, 0.1) is 31.9 Å². The van der Waals surface area contributed by atoms with E-state index in [0.717, 1.165) is 29.2 Å². The predicted octanol–water partition coefficient (Wildman–Crippen LogP) is 9.49. The van der Waals surface area contributed by atoms with Gasteiger partial charge in [-0.2, -0.15) is 0 Å². The van der Waals surface area contributed by atoms with Gasteiger partial charge >= 0.3 is 0 Å². The van der Waals surface area contributed by atoms with E-state index in [1.165, 1.54) is 18.3 Å². The molecule has 2 heterocycles. The molecule has 0 saturated heterocycles. The fourth-order valence-electron chi connectivity index (χ4n) is 5.87. The second kappa shape index (κ2) is 9.08. The van der Waals surface area contributed by atoms with Crippen molar-refractivity contribution in [1.29, 1.82) is 0 Å². The zero-order valence-electron chi connectivity index (χ0n) is 29.3. The Bertz CT molecular complexity index is 1960. The average molecular weight is 514 g/mol. The van der Waals surface area contributed by atoms with E-state index in [1.807, 2.05) is 19.1 Å². The van der Waals surface area contributed by atoms with E-state index < -0.39 is 25.4 Å². The van der Waals surface area contributed by atoms with Gasteiger partial charge in [0.1, 0.15) is 24.0 Å². The number of fused-ring (bicyclic) bond motifs is 3. The molecule has 0 bridgehead atoms. The summed E-state index contributed by atoms with van der Waals surface area (Å²) in [5.41, 5.74) is 4.49. The molecule has 0 N–H and O–H groups in total. The molecule has 1 aliphatic rings. The quantitative estimate of drug-likeness (QED) is 0.220. The number of furan rings is 1. The summed E-state index contributed by atoms with van der Waals surface area (Å²) in [7, 11) is 1.75. The van der Waals surface area contributed by atoms with E-state index in [-0.39, 0.29) is 22.1 Å². The lowest BCUT2D eigenvalue weighted by Gasteiger charge is -2.34. The molecule has 194 valence electrons. The molecule has 0 atom stereocenters. The molecule has 1 saturated carbocycles. The maximum atomic E-state index is 14.1. The molecule has 0 amide bonds. The third-order valence-electron chi connectivity index (χ3n) is 8.27. The van der Waals surface area contributed by atoms with E-state index in [1.54, 1.807) is 41.9 Å². The Kier molecular flexibility index (Phi) is 4.29. The third kappa shape index (κ3) is 4.22. The number of hydrogen-bond donors (Lipinski definition) is 0. The van der Waals surface area contributed by atoms with Crippen LogP contribution in [0.2, 0.25) is 0 Å². The Morgan fingerprint density at radius 1 is 0.921 bits per heavy atom. The number of aryl methyl sites for hydroxylation is 4. The lowest BCUT2D eigenvalue weighted by Crippen LogP contribution is -2.31. The number of benzene rings is 3. The van der Waals surface area contributed by atoms with Crippen LogP contribution in [0.5, 0.6) is 0 Å². The molecule has 3 heteroatoms. The van der Waals surface area contributed by atoms with Crippen LogP contribution in [-0.4, -0.2) is 0 Å². The molecular formula is C35H37FNO+. The summed E-state index contributed by atoms with van der Waals surface area (Å²) >= 11 is 0. The minimum atomic E-state index is -2.56. The first-order valence-corrected chi connectivity index (χ1v) is 13.2. The first-order chi connectivity index (χ1) is 20.9. The zero-order valence-corrected chi connectivity index (χ0v) is 22.3. The van der Waals surface area contributed by atoms with Gasteiger partial charge in [-0.3, -0.25) is 0 Å². The van der Waals surface area contributed by atoms with Crippen LogP contribution in [0.3, 0.4) is 0 Å². The smallest absolute Gasteiger partial charge is 0.216 e. The maximum Gasteiger partial charge on any atom is 0.216 e. The Hall–Kier alpha value is -3.46. The second-order valence-corrected chi connectivity index (χ2v) is 11.5. The van der Waals surface area contributed by atoms with Crippen molar-refractivity contribution in [2.45, 2.75) is 66.1 Å². The molecule has 5 aromatic rings. The Labute approximate surface area is 235 Å². The molecule has 2 aromatic heterocycles. The van der Waals surface area contributed by atoms with Crippen LogP contribution in [-0.2, 0) is 7.05 Å². The van der Waals surface area contributed by atoms with Crippen molar-refractivity contribution < 1.29 is 23.0 Å². The summed E-state index contributed by atoms with van der Waals surface area (Å²) in [6, 6.07) is 15.1. The minimum Gasteiger partial charge on any atom is -0.455 e. The van der Waals surface area contributed by atoms with Gasteiger partial charge < -0.3 is 4.42 Å². The summed E-state index contributed by atoms with van der Waals surface area (Å²) in [4.78, 5) is 0. The molecule has 0 aliphatic heterocycles. The topological polar surface area (TPSA) is 17.0 Å². The van der Waals surface area contributed by atoms with Crippen LogP contribution >= 0.6 is 0 Å². The van der Waals surface area contributed by atoms with Crippen molar-refractivity contribution >= 4 is 21.9 Å². The van der Waals surface area contributed by atoms with E-state index >= 15 is 0 Å². The SMILES string of the molecule is [2H]C([2H])([2H])c1cc(C2([2H])CCC(C)(C)CC2)ccc1-c1cc(-c2c(C)ccc3c2oc2cc(F)ccc23)[n+](C)cc1C([2H])([2H])[2H]. The number of rotatable bonds is 3. The molecule has 3 aromatic carbocycles. The standard InChI is InChI=1S/C35H37FNO/c1-21-7-10-29-28-12-9-26(36)18-32(28)38-34(29)33(21)31-19-30(23(3)20-37(31)6)27-11-8-25(17-22(27)2)24-13-15-35(4,5)16-14-24/h7-12,17-20,24H,13-16H2,1-6H3/q+1/i2D3,3D3,24D.